The summed E-state index contributed by atoms with van der Waals surface area (Å²) in [6, 6.07) is 7.86. The summed E-state index contributed by atoms with van der Waals surface area (Å²) in [5.41, 5.74) is 2.74. The standard InChI is InChI=1S/C13H12BrN3/c1-3-9(14)10(4-2)15-13-16-11-7-5-6-8-12(11)17-13/h3-8H,1-2H2,(H2,15,16,17)/b10-9-. The number of rotatable bonds is 4. The fourth-order valence-electron chi connectivity index (χ4n) is 1.46. The Morgan fingerprint density at radius 1 is 1.29 bits per heavy atom. The first-order valence-electron chi connectivity index (χ1n) is 5.11. The van der Waals surface area contributed by atoms with Gasteiger partial charge in [-0.1, -0.05) is 31.4 Å². The number of hydrogen-bond acceptors (Lipinski definition) is 2. The molecular weight excluding hydrogens is 278 g/mol. The normalized spacial score (nSPS) is 12.1. The quantitative estimate of drug-likeness (QED) is 0.837. The molecule has 0 atom stereocenters. The number of anilines is 1. The smallest absolute Gasteiger partial charge is 0.205 e. The van der Waals surface area contributed by atoms with Crippen LogP contribution in [0, 0.1) is 0 Å². The van der Waals surface area contributed by atoms with Gasteiger partial charge in [-0.25, -0.2) is 4.98 Å². The molecule has 2 N–H and O–H groups in total. The summed E-state index contributed by atoms with van der Waals surface area (Å²) in [7, 11) is 0. The Morgan fingerprint density at radius 3 is 2.71 bits per heavy atom. The highest BCUT2D eigenvalue weighted by Gasteiger charge is 2.03. The fourth-order valence-corrected chi connectivity index (χ4v) is 1.72. The number of benzene rings is 1. The second-order valence-corrected chi connectivity index (χ2v) is 4.25. The Kier molecular flexibility index (Phi) is 3.44. The van der Waals surface area contributed by atoms with Crippen LogP contribution in [-0.2, 0) is 0 Å². The van der Waals surface area contributed by atoms with Crippen LogP contribution in [-0.4, -0.2) is 9.97 Å². The molecule has 4 heteroatoms. The molecule has 0 amide bonds. The van der Waals surface area contributed by atoms with E-state index in [0.717, 1.165) is 21.2 Å². The van der Waals surface area contributed by atoms with Gasteiger partial charge in [-0.2, -0.15) is 0 Å². The molecule has 0 spiro atoms. The number of aromatic amines is 1. The maximum Gasteiger partial charge on any atom is 0.205 e. The van der Waals surface area contributed by atoms with Crippen LogP contribution in [0.4, 0.5) is 5.95 Å². The van der Waals surface area contributed by atoms with Crippen molar-refractivity contribution in [2.75, 3.05) is 5.32 Å². The predicted octanol–water partition coefficient (Wildman–Crippen LogP) is 3.95. The van der Waals surface area contributed by atoms with Gasteiger partial charge in [-0.05, 0) is 34.1 Å². The van der Waals surface area contributed by atoms with Crippen molar-refractivity contribution in [2.45, 2.75) is 0 Å². The topological polar surface area (TPSA) is 40.7 Å². The number of hydrogen-bond donors (Lipinski definition) is 2. The van der Waals surface area contributed by atoms with Gasteiger partial charge in [-0.15, -0.1) is 0 Å². The van der Waals surface area contributed by atoms with Crippen molar-refractivity contribution in [3.63, 3.8) is 0 Å². The van der Waals surface area contributed by atoms with Crippen molar-refractivity contribution in [2.24, 2.45) is 0 Å². The molecule has 2 rings (SSSR count). The van der Waals surface area contributed by atoms with Crippen LogP contribution >= 0.6 is 15.9 Å². The molecule has 0 aliphatic carbocycles. The van der Waals surface area contributed by atoms with E-state index in [0.29, 0.717) is 5.95 Å². The highest BCUT2D eigenvalue weighted by molar-refractivity contribution is 9.11. The summed E-state index contributed by atoms with van der Waals surface area (Å²) in [5, 5.41) is 3.15. The van der Waals surface area contributed by atoms with Crippen molar-refractivity contribution in [3.8, 4) is 0 Å². The van der Waals surface area contributed by atoms with Crippen LogP contribution in [0.2, 0.25) is 0 Å². The minimum Gasteiger partial charge on any atom is -0.325 e. The third kappa shape index (κ3) is 2.47. The first-order chi connectivity index (χ1) is 8.24. The lowest BCUT2D eigenvalue weighted by molar-refractivity contribution is 1.28. The molecule has 0 bridgehead atoms. The molecule has 1 heterocycles. The summed E-state index contributed by atoms with van der Waals surface area (Å²) in [4.78, 5) is 7.59. The van der Waals surface area contributed by atoms with Crippen molar-refractivity contribution >= 4 is 32.9 Å². The first kappa shape index (κ1) is 11.7. The number of imidazole rings is 1. The third-order valence-electron chi connectivity index (χ3n) is 2.28. The number of nitrogens with one attached hydrogen (secondary N) is 2. The molecule has 0 saturated carbocycles. The molecule has 1 aromatic heterocycles. The average Bonchev–Trinajstić information content (AvgIpc) is 2.77. The maximum atomic E-state index is 4.41. The van der Waals surface area contributed by atoms with Crippen LogP contribution < -0.4 is 5.32 Å². The molecule has 0 unspecified atom stereocenters. The van der Waals surface area contributed by atoms with Gasteiger partial charge < -0.3 is 10.3 Å². The van der Waals surface area contributed by atoms with Gasteiger partial charge in [0.05, 0.1) is 16.7 Å². The SMILES string of the molecule is C=C/C(Br)=C(\C=C)Nc1nc2ccccc2[nH]1. The van der Waals surface area contributed by atoms with Crippen LogP contribution in [0.1, 0.15) is 0 Å². The van der Waals surface area contributed by atoms with Crippen LogP contribution in [0.3, 0.4) is 0 Å². The van der Waals surface area contributed by atoms with Crippen molar-refractivity contribution in [1.82, 2.24) is 9.97 Å². The number of nitrogens with zero attached hydrogens (tertiary/aromatic N) is 1. The molecule has 0 aliphatic heterocycles. The number of allylic oxidation sites excluding steroid dienone is 3. The Balaban J connectivity index is 2.35. The van der Waals surface area contributed by atoms with Gasteiger partial charge in [0.25, 0.3) is 0 Å². The minimum atomic E-state index is 0.680. The summed E-state index contributed by atoms with van der Waals surface area (Å²) < 4.78 is 0.841. The Hall–Kier alpha value is -1.81. The van der Waals surface area contributed by atoms with E-state index >= 15 is 0 Å². The van der Waals surface area contributed by atoms with Gasteiger partial charge in [0, 0.05) is 4.48 Å². The first-order valence-corrected chi connectivity index (χ1v) is 5.90. The average molecular weight is 290 g/mol. The van der Waals surface area contributed by atoms with Gasteiger partial charge >= 0.3 is 0 Å². The van der Waals surface area contributed by atoms with E-state index in [1.165, 1.54) is 0 Å². The van der Waals surface area contributed by atoms with Gasteiger partial charge in [0.2, 0.25) is 5.95 Å². The number of H-pyrrole nitrogens is 1. The van der Waals surface area contributed by atoms with Gasteiger partial charge in [0.15, 0.2) is 0 Å². The lowest BCUT2D eigenvalue weighted by Crippen LogP contribution is -1.99. The van der Waals surface area contributed by atoms with E-state index in [1.54, 1.807) is 12.2 Å². The van der Waals surface area contributed by atoms with Crippen LogP contribution in [0.15, 0.2) is 59.8 Å². The fraction of sp³-hybridized carbons (Fsp3) is 0. The maximum absolute atomic E-state index is 4.41. The van der Waals surface area contributed by atoms with Crippen molar-refractivity contribution in [1.29, 1.82) is 0 Å². The monoisotopic (exact) mass is 289 g/mol. The van der Waals surface area contributed by atoms with E-state index in [2.05, 4.69) is 44.4 Å². The molecule has 3 nitrogen and oxygen atoms in total. The van der Waals surface area contributed by atoms with Crippen LogP contribution in [0.25, 0.3) is 11.0 Å². The molecule has 17 heavy (non-hydrogen) atoms. The predicted molar refractivity (Wildman–Crippen MR) is 76.1 cm³/mol. The summed E-state index contributed by atoms with van der Waals surface area (Å²) in [6.07, 6.45) is 3.41. The second-order valence-electron chi connectivity index (χ2n) is 3.40. The zero-order valence-corrected chi connectivity index (χ0v) is 10.8. The minimum absolute atomic E-state index is 0.680. The summed E-state index contributed by atoms with van der Waals surface area (Å²) >= 11 is 3.39. The summed E-state index contributed by atoms with van der Waals surface area (Å²) in [6.45, 7) is 7.43. The number of aromatic nitrogens is 2. The Labute approximate surface area is 108 Å². The second kappa shape index (κ2) is 5.01. The van der Waals surface area contributed by atoms with E-state index in [1.807, 2.05) is 24.3 Å². The number of fused-ring (bicyclic) bond motifs is 1. The van der Waals surface area contributed by atoms with Crippen molar-refractivity contribution < 1.29 is 0 Å². The largest absolute Gasteiger partial charge is 0.325 e. The molecular formula is C13H12BrN3. The van der Waals surface area contributed by atoms with E-state index in [9.17, 15) is 0 Å². The zero-order valence-electron chi connectivity index (χ0n) is 9.20. The molecule has 0 saturated heterocycles. The Bertz CT molecular complexity index is 562. The zero-order chi connectivity index (χ0) is 12.3. The lowest BCUT2D eigenvalue weighted by atomic mass is 10.3. The Morgan fingerprint density at radius 2 is 2.06 bits per heavy atom. The highest BCUT2D eigenvalue weighted by Crippen LogP contribution is 2.18. The number of halogens is 1. The number of para-hydroxylation sites is 2. The molecule has 0 radical (unpaired) electrons. The van der Waals surface area contributed by atoms with E-state index < -0.39 is 0 Å². The molecule has 0 fully saturated rings. The van der Waals surface area contributed by atoms with Gasteiger partial charge in [0.1, 0.15) is 0 Å². The third-order valence-corrected chi connectivity index (χ3v) is 3.03. The molecule has 86 valence electrons. The van der Waals surface area contributed by atoms with E-state index in [4.69, 9.17) is 0 Å². The lowest BCUT2D eigenvalue weighted by Gasteiger charge is -2.04. The molecule has 2 aromatic rings. The van der Waals surface area contributed by atoms with E-state index in [-0.39, 0.29) is 0 Å². The van der Waals surface area contributed by atoms with Gasteiger partial charge in [-0.3, -0.25) is 0 Å². The van der Waals surface area contributed by atoms with Crippen molar-refractivity contribution in [3.05, 3.63) is 59.8 Å². The molecule has 1 aromatic carbocycles. The van der Waals surface area contributed by atoms with Crippen LogP contribution in [0.5, 0.6) is 0 Å². The summed E-state index contributed by atoms with van der Waals surface area (Å²) in [5.74, 6) is 0.680. The highest BCUT2D eigenvalue weighted by atomic mass is 79.9. The molecule has 0 aliphatic rings.